The minimum atomic E-state index is -0.190. The molecule has 0 bridgehead atoms. The van der Waals surface area contributed by atoms with E-state index in [4.69, 9.17) is 0 Å². The normalized spacial score (nSPS) is 31.5. The van der Waals surface area contributed by atoms with Gasteiger partial charge in [0, 0.05) is 12.1 Å². The molecule has 1 fully saturated rings. The SMILES string of the molecule is CC1CCCC(CC(O)C(C)(C)C)N1. The molecule has 0 aromatic rings. The third-order valence-corrected chi connectivity index (χ3v) is 3.22. The van der Waals surface area contributed by atoms with Crippen molar-refractivity contribution in [3.8, 4) is 0 Å². The summed E-state index contributed by atoms with van der Waals surface area (Å²) in [4.78, 5) is 0. The molecule has 0 amide bonds. The molecule has 3 unspecified atom stereocenters. The van der Waals surface area contributed by atoms with Gasteiger partial charge in [-0.15, -0.1) is 0 Å². The molecule has 1 heterocycles. The van der Waals surface area contributed by atoms with Crippen LogP contribution in [0.2, 0.25) is 0 Å². The highest BCUT2D eigenvalue weighted by atomic mass is 16.3. The van der Waals surface area contributed by atoms with Gasteiger partial charge in [0.05, 0.1) is 6.10 Å². The van der Waals surface area contributed by atoms with Gasteiger partial charge in [-0.05, 0) is 31.6 Å². The monoisotopic (exact) mass is 199 g/mol. The Morgan fingerprint density at radius 3 is 2.50 bits per heavy atom. The van der Waals surface area contributed by atoms with Crippen LogP contribution in [0.25, 0.3) is 0 Å². The second kappa shape index (κ2) is 4.63. The summed E-state index contributed by atoms with van der Waals surface area (Å²) in [6.45, 7) is 8.54. The van der Waals surface area contributed by atoms with Crippen molar-refractivity contribution in [1.29, 1.82) is 0 Å². The zero-order chi connectivity index (χ0) is 10.8. The fourth-order valence-corrected chi connectivity index (χ4v) is 2.05. The molecule has 0 spiro atoms. The van der Waals surface area contributed by atoms with E-state index in [1.54, 1.807) is 0 Å². The van der Waals surface area contributed by atoms with Crippen LogP contribution in [0.3, 0.4) is 0 Å². The Bertz CT molecular complexity index is 174. The molecule has 3 atom stereocenters. The van der Waals surface area contributed by atoms with E-state index in [-0.39, 0.29) is 11.5 Å². The van der Waals surface area contributed by atoms with Gasteiger partial charge in [0.25, 0.3) is 0 Å². The smallest absolute Gasteiger partial charge is 0.0603 e. The van der Waals surface area contributed by atoms with Gasteiger partial charge in [0.2, 0.25) is 0 Å². The molecule has 14 heavy (non-hydrogen) atoms. The summed E-state index contributed by atoms with van der Waals surface area (Å²) < 4.78 is 0. The van der Waals surface area contributed by atoms with Crippen LogP contribution in [0.5, 0.6) is 0 Å². The number of nitrogens with one attached hydrogen (secondary N) is 1. The third kappa shape index (κ3) is 3.58. The van der Waals surface area contributed by atoms with E-state index in [1.165, 1.54) is 19.3 Å². The highest BCUT2D eigenvalue weighted by molar-refractivity contribution is 4.83. The van der Waals surface area contributed by atoms with E-state index >= 15 is 0 Å². The number of aliphatic hydroxyl groups is 1. The molecule has 1 aliphatic heterocycles. The molecule has 0 aliphatic carbocycles. The second-order valence-electron chi connectivity index (χ2n) is 5.81. The van der Waals surface area contributed by atoms with Crippen LogP contribution in [-0.2, 0) is 0 Å². The van der Waals surface area contributed by atoms with Crippen LogP contribution < -0.4 is 5.32 Å². The van der Waals surface area contributed by atoms with Crippen LogP contribution in [-0.4, -0.2) is 23.3 Å². The number of rotatable bonds is 2. The number of hydrogen-bond acceptors (Lipinski definition) is 2. The Labute approximate surface area is 88.1 Å². The summed E-state index contributed by atoms with van der Waals surface area (Å²) in [5, 5.41) is 13.5. The number of hydrogen-bond donors (Lipinski definition) is 2. The molecular formula is C12H25NO. The standard InChI is InChI=1S/C12H25NO/c1-9-6-5-7-10(13-9)8-11(14)12(2,3)4/h9-11,13-14H,5-8H2,1-4H3. The van der Waals surface area contributed by atoms with Crippen LogP contribution in [0.4, 0.5) is 0 Å². The average molecular weight is 199 g/mol. The first-order valence-electron chi connectivity index (χ1n) is 5.83. The van der Waals surface area contributed by atoms with Crippen LogP contribution in [0, 0.1) is 5.41 Å². The lowest BCUT2D eigenvalue weighted by Gasteiger charge is -2.34. The summed E-state index contributed by atoms with van der Waals surface area (Å²) in [5.74, 6) is 0. The van der Waals surface area contributed by atoms with E-state index in [2.05, 4.69) is 33.0 Å². The summed E-state index contributed by atoms with van der Waals surface area (Å²) in [5.41, 5.74) is 0.0162. The molecule has 2 N–H and O–H groups in total. The first-order valence-corrected chi connectivity index (χ1v) is 5.83. The van der Waals surface area contributed by atoms with Crippen LogP contribution in [0.15, 0.2) is 0 Å². The molecule has 2 heteroatoms. The van der Waals surface area contributed by atoms with Crippen molar-refractivity contribution < 1.29 is 5.11 Å². The second-order valence-corrected chi connectivity index (χ2v) is 5.81. The van der Waals surface area contributed by atoms with Crippen molar-refractivity contribution in [3.05, 3.63) is 0 Å². The highest BCUT2D eigenvalue weighted by Crippen LogP contribution is 2.25. The molecule has 1 rings (SSSR count). The zero-order valence-corrected chi connectivity index (χ0v) is 10.0. The van der Waals surface area contributed by atoms with E-state index in [0.29, 0.717) is 12.1 Å². The molecule has 0 radical (unpaired) electrons. The number of piperidine rings is 1. The van der Waals surface area contributed by atoms with Crippen molar-refractivity contribution in [3.63, 3.8) is 0 Å². The first-order chi connectivity index (χ1) is 6.39. The Morgan fingerprint density at radius 1 is 1.36 bits per heavy atom. The summed E-state index contributed by atoms with van der Waals surface area (Å²) in [7, 11) is 0. The van der Waals surface area contributed by atoms with Crippen LogP contribution >= 0.6 is 0 Å². The Balaban J connectivity index is 2.36. The van der Waals surface area contributed by atoms with Crippen LogP contribution in [0.1, 0.15) is 53.4 Å². The fraction of sp³-hybridized carbons (Fsp3) is 1.00. The van der Waals surface area contributed by atoms with Gasteiger partial charge >= 0.3 is 0 Å². The molecule has 0 aromatic heterocycles. The van der Waals surface area contributed by atoms with E-state index in [0.717, 1.165) is 6.42 Å². The summed E-state index contributed by atoms with van der Waals surface area (Å²) in [6.07, 6.45) is 4.51. The van der Waals surface area contributed by atoms with Gasteiger partial charge in [0.15, 0.2) is 0 Å². The maximum absolute atomic E-state index is 9.98. The molecule has 0 saturated carbocycles. The van der Waals surface area contributed by atoms with Gasteiger partial charge in [0.1, 0.15) is 0 Å². The maximum atomic E-state index is 9.98. The predicted octanol–water partition coefficient (Wildman–Crippen LogP) is 2.31. The minimum absolute atomic E-state index is 0.0162. The van der Waals surface area contributed by atoms with Gasteiger partial charge in [-0.1, -0.05) is 27.2 Å². The van der Waals surface area contributed by atoms with E-state index in [1.807, 2.05) is 0 Å². The zero-order valence-electron chi connectivity index (χ0n) is 10.0. The van der Waals surface area contributed by atoms with E-state index < -0.39 is 0 Å². The average Bonchev–Trinajstić information content (AvgIpc) is 2.02. The van der Waals surface area contributed by atoms with E-state index in [9.17, 15) is 5.11 Å². The first kappa shape index (κ1) is 12.0. The molecule has 1 saturated heterocycles. The molecule has 2 nitrogen and oxygen atoms in total. The van der Waals surface area contributed by atoms with Crippen molar-refractivity contribution in [2.24, 2.45) is 5.41 Å². The lowest BCUT2D eigenvalue weighted by atomic mass is 9.83. The predicted molar refractivity (Wildman–Crippen MR) is 60.3 cm³/mol. The molecule has 0 aromatic carbocycles. The summed E-state index contributed by atoms with van der Waals surface area (Å²) >= 11 is 0. The fourth-order valence-electron chi connectivity index (χ4n) is 2.05. The quantitative estimate of drug-likeness (QED) is 0.715. The van der Waals surface area contributed by atoms with Crippen molar-refractivity contribution in [1.82, 2.24) is 5.32 Å². The van der Waals surface area contributed by atoms with Crippen molar-refractivity contribution in [2.75, 3.05) is 0 Å². The highest BCUT2D eigenvalue weighted by Gasteiger charge is 2.27. The van der Waals surface area contributed by atoms with Crippen molar-refractivity contribution in [2.45, 2.75) is 71.6 Å². The van der Waals surface area contributed by atoms with Gasteiger partial charge in [-0.3, -0.25) is 0 Å². The van der Waals surface area contributed by atoms with Gasteiger partial charge in [-0.2, -0.15) is 0 Å². The lowest BCUT2D eigenvalue weighted by molar-refractivity contribution is 0.0417. The molecule has 1 aliphatic rings. The lowest BCUT2D eigenvalue weighted by Crippen LogP contribution is -2.44. The number of aliphatic hydroxyl groups excluding tert-OH is 1. The third-order valence-electron chi connectivity index (χ3n) is 3.22. The maximum Gasteiger partial charge on any atom is 0.0603 e. The van der Waals surface area contributed by atoms with Crippen molar-refractivity contribution >= 4 is 0 Å². The Morgan fingerprint density at radius 2 is 2.00 bits per heavy atom. The molecular weight excluding hydrogens is 174 g/mol. The van der Waals surface area contributed by atoms with Gasteiger partial charge < -0.3 is 10.4 Å². The Kier molecular flexibility index (Phi) is 3.96. The largest absolute Gasteiger partial charge is 0.393 e. The van der Waals surface area contributed by atoms with Gasteiger partial charge in [-0.25, -0.2) is 0 Å². The topological polar surface area (TPSA) is 32.3 Å². The molecule has 84 valence electrons. The Hall–Kier alpha value is -0.0800. The summed E-state index contributed by atoms with van der Waals surface area (Å²) in [6, 6.07) is 1.15. The minimum Gasteiger partial charge on any atom is -0.393 e.